The molecule has 4 heteroatoms. The molecule has 0 aliphatic rings. The summed E-state index contributed by atoms with van der Waals surface area (Å²) < 4.78 is 27.7. The van der Waals surface area contributed by atoms with Gasteiger partial charge in [0.1, 0.15) is 5.52 Å². The molecule has 0 aliphatic heterocycles. The summed E-state index contributed by atoms with van der Waals surface area (Å²) in [5, 5.41) is 0. The summed E-state index contributed by atoms with van der Waals surface area (Å²) in [4.78, 5) is 9.69. The maximum absolute atomic E-state index is 7.39. The minimum atomic E-state index is -2.16. The molecule has 0 saturated carbocycles. The van der Waals surface area contributed by atoms with E-state index in [-0.39, 0.29) is 0 Å². The lowest BCUT2D eigenvalue weighted by molar-refractivity contribution is 0.608. The van der Waals surface area contributed by atoms with Crippen molar-refractivity contribution in [3.05, 3.63) is 42.6 Å². The Kier molecular flexibility index (Phi) is 1.81. The van der Waals surface area contributed by atoms with Gasteiger partial charge in [-0.1, -0.05) is 0 Å². The fourth-order valence-electron chi connectivity index (χ4n) is 1.72. The highest BCUT2D eigenvalue weighted by Crippen LogP contribution is 2.24. The first-order valence-electron chi connectivity index (χ1n) is 7.01. The van der Waals surface area contributed by atoms with Crippen molar-refractivity contribution in [2.45, 2.75) is 0 Å². The molecule has 0 atom stereocenters. The van der Waals surface area contributed by atoms with Crippen LogP contribution in [0, 0.1) is 0 Å². The van der Waals surface area contributed by atoms with Gasteiger partial charge in [0.05, 0.1) is 0 Å². The fourth-order valence-corrected chi connectivity index (χ4v) is 1.72. The van der Waals surface area contributed by atoms with Crippen molar-refractivity contribution >= 4 is 16.9 Å². The first kappa shape index (κ1) is 7.87. The lowest BCUT2D eigenvalue weighted by atomic mass is 10.2. The van der Waals surface area contributed by atoms with Crippen molar-refractivity contribution in [1.82, 2.24) is 9.97 Å². The second-order valence-corrected chi connectivity index (χ2v) is 3.95. The molecule has 90 valence electrons. The highest BCUT2D eigenvalue weighted by molar-refractivity contribution is 5.72. The maximum Gasteiger partial charge on any atom is 0.247 e. The number of benzene rings is 1. The molecule has 0 radical (unpaired) electrons. The Morgan fingerprint density at radius 3 is 2.78 bits per heavy atom. The number of fused-ring (bicyclic) bond motifs is 1. The zero-order chi connectivity index (χ0) is 15.0. The van der Waals surface area contributed by atoms with Gasteiger partial charge < -0.3 is 9.32 Å². The third-order valence-corrected chi connectivity index (χ3v) is 2.67. The topological polar surface area (TPSA) is 42.2 Å². The van der Waals surface area contributed by atoms with Crippen LogP contribution in [-0.4, -0.2) is 24.0 Å². The smallest absolute Gasteiger partial charge is 0.247 e. The molecule has 0 amide bonds. The summed E-state index contributed by atoms with van der Waals surface area (Å²) in [6.07, 6.45) is 1.64. The standard InChI is InChI=1S/C14H13N3O/c1-17(2)11-7-5-10(6-8-11)13-16-12-4-3-9-15-14(12)18-13/h3-9H,1-2H3/i1T3. The molecule has 2 heterocycles. The van der Waals surface area contributed by atoms with E-state index in [0.29, 0.717) is 22.8 Å². The van der Waals surface area contributed by atoms with Crippen LogP contribution >= 0.6 is 0 Å². The monoisotopic (exact) mass is 245 g/mol. The van der Waals surface area contributed by atoms with Gasteiger partial charge in [0.25, 0.3) is 0 Å². The molecule has 3 aromatic rings. The van der Waals surface area contributed by atoms with E-state index in [4.69, 9.17) is 8.53 Å². The van der Waals surface area contributed by atoms with Gasteiger partial charge in [0.2, 0.25) is 11.6 Å². The van der Waals surface area contributed by atoms with Crippen LogP contribution < -0.4 is 4.90 Å². The molecule has 4 nitrogen and oxygen atoms in total. The van der Waals surface area contributed by atoms with Crippen molar-refractivity contribution in [3.8, 4) is 11.5 Å². The van der Waals surface area contributed by atoms with E-state index in [9.17, 15) is 0 Å². The fraction of sp³-hybridized carbons (Fsp3) is 0.143. The van der Waals surface area contributed by atoms with Crippen LogP contribution in [0.2, 0.25) is 0 Å². The zero-order valence-corrected chi connectivity index (χ0v) is 9.79. The minimum Gasteiger partial charge on any atom is -0.418 e. The van der Waals surface area contributed by atoms with Crippen molar-refractivity contribution in [2.75, 3.05) is 18.9 Å². The lowest BCUT2D eigenvalue weighted by Gasteiger charge is -2.11. The second-order valence-electron chi connectivity index (χ2n) is 3.95. The average molecular weight is 245 g/mol. The third kappa shape index (κ3) is 1.82. The summed E-state index contributed by atoms with van der Waals surface area (Å²) in [7, 11) is 1.53. The Hall–Kier alpha value is -2.36. The normalized spacial score (nSPS) is 13.9. The van der Waals surface area contributed by atoms with Gasteiger partial charge in [0, 0.05) is 35.6 Å². The lowest BCUT2D eigenvalue weighted by Crippen LogP contribution is -2.07. The predicted octanol–water partition coefficient (Wildman–Crippen LogP) is 2.96. The van der Waals surface area contributed by atoms with Crippen molar-refractivity contribution < 1.29 is 8.53 Å². The number of oxazole rings is 1. The van der Waals surface area contributed by atoms with Crippen LogP contribution in [0.1, 0.15) is 4.11 Å². The maximum atomic E-state index is 7.39. The summed E-state index contributed by atoms with van der Waals surface area (Å²) in [6, 6.07) is 10.6. The van der Waals surface area contributed by atoms with Crippen LogP contribution in [-0.2, 0) is 0 Å². The number of rotatable bonds is 2. The molecule has 18 heavy (non-hydrogen) atoms. The van der Waals surface area contributed by atoms with Gasteiger partial charge in [-0.3, -0.25) is 0 Å². The van der Waals surface area contributed by atoms with E-state index in [1.807, 2.05) is 6.07 Å². The Balaban J connectivity index is 1.93. The van der Waals surface area contributed by atoms with Gasteiger partial charge in [-0.2, -0.15) is 0 Å². The average Bonchev–Trinajstić information content (AvgIpc) is 2.89. The van der Waals surface area contributed by atoms with Crippen molar-refractivity contribution in [2.24, 2.45) is 0 Å². The van der Waals surface area contributed by atoms with Gasteiger partial charge >= 0.3 is 0 Å². The van der Waals surface area contributed by atoms with Crippen LogP contribution in [0.15, 0.2) is 47.0 Å². The van der Waals surface area contributed by atoms with E-state index < -0.39 is 6.98 Å². The largest absolute Gasteiger partial charge is 0.418 e. The molecule has 0 spiro atoms. The molecule has 0 saturated heterocycles. The summed E-state index contributed by atoms with van der Waals surface area (Å²) in [6.45, 7) is -2.16. The highest BCUT2D eigenvalue weighted by Gasteiger charge is 2.08. The van der Waals surface area contributed by atoms with Crippen LogP contribution in [0.4, 0.5) is 5.69 Å². The number of hydrogen-bond acceptors (Lipinski definition) is 4. The first-order valence-corrected chi connectivity index (χ1v) is 5.51. The van der Waals surface area contributed by atoms with Gasteiger partial charge in [0.15, 0.2) is 0 Å². The SMILES string of the molecule is [3H]C([3H])([3H])N(C)c1ccc(-c2nc3cccnc3o2)cc1. The van der Waals surface area contributed by atoms with E-state index in [1.54, 1.807) is 36.5 Å². The summed E-state index contributed by atoms with van der Waals surface area (Å²) in [5.74, 6) is 0.465. The van der Waals surface area contributed by atoms with Gasteiger partial charge in [-0.25, -0.2) is 9.97 Å². The van der Waals surface area contributed by atoms with Crippen LogP contribution in [0.3, 0.4) is 0 Å². The number of anilines is 1. The van der Waals surface area contributed by atoms with E-state index in [0.717, 1.165) is 5.56 Å². The molecular weight excluding hydrogens is 226 g/mol. The number of aromatic nitrogens is 2. The molecule has 0 unspecified atom stereocenters. The molecule has 0 aliphatic carbocycles. The van der Waals surface area contributed by atoms with E-state index >= 15 is 0 Å². The zero-order valence-electron chi connectivity index (χ0n) is 12.8. The molecule has 0 bridgehead atoms. The number of pyridine rings is 1. The Morgan fingerprint density at radius 2 is 2.06 bits per heavy atom. The Labute approximate surface area is 109 Å². The molecule has 1 aromatic carbocycles. The highest BCUT2D eigenvalue weighted by atomic mass is 16.4. The number of hydrogen-bond donors (Lipinski definition) is 0. The Morgan fingerprint density at radius 1 is 1.22 bits per heavy atom. The quantitative estimate of drug-likeness (QED) is 0.696. The van der Waals surface area contributed by atoms with Crippen molar-refractivity contribution in [1.29, 1.82) is 0 Å². The van der Waals surface area contributed by atoms with Gasteiger partial charge in [-0.05, 0) is 36.4 Å². The molecular formula is C14H13N3O. The number of nitrogens with zero attached hydrogens (tertiary/aromatic N) is 3. The molecule has 0 N–H and O–H groups in total. The van der Waals surface area contributed by atoms with Crippen molar-refractivity contribution in [3.63, 3.8) is 0 Å². The van der Waals surface area contributed by atoms with E-state index in [1.165, 1.54) is 11.9 Å². The van der Waals surface area contributed by atoms with E-state index in [2.05, 4.69) is 9.97 Å². The molecule has 0 fully saturated rings. The third-order valence-electron chi connectivity index (χ3n) is 2.67. The van der Waals surface area contributed by atoms with Crippen LogP contribution in [0.5, 0.6) is 0 Å². The predicted molar refractivity (Wildman–Crippen MR) is 71.6 cm³/mol. The summed E-state index contributed by atoms with van der Waals surface area (Å²) >= 11 is 0. The molecule has 3 rings (SSSR count). The minimum absolute atomic E-state index is 0.465. The summed E-state index contributed by atoms with van der Waals surface area (Å²) in [5.41, 5.74) is 2.55. The first-order chi connectivity index (χ1) is 9.95. The van der Waals surface area contributed by atoms with Gasteiger partial charge in [-0.15, -0.1) is 0 Å². The Bertz CT molecular complexity index is 732. The second kappa shape index (κ2) is 4.14. The molecule has 2 aromatic heterocycles. The van der Waals surface area contributed by atoms with Crippen LogP contribution in [0.25, 0.3) is 22.7 Å².